The number of nitriles is 1. The SMILES string of the molecule is C[C@@H](NC(=O)/C(C#N)=C\c1cc(Br)c(OCc2ccc(Cl)cc2Cl)c(Br)c1)c1ccccc1. The Hall–Kier alpha value is -2.30. The fourth-order valence-corrected chi connectivity index (χ4v) is 4.92. The van der Waals surface area contributed by atoms with Crippen LogP contribution in [0.25, 0.3) is 6.08 Å². The molecule has 1 N–H and O–H groups in total. The average molecular weight is 609 g/mol. The molecule has 3 aromatic carbocycles. The summed E-state index contributed by atoms with van der Waals surface area (Å²) in [6.07, 6.45) is 1.53. The minimum absolute atomic E-state index is 0.00167. The van der Waals surface area contributed by atoms with Crippen LogP contribution in [0.4, 0.5) is 0 Å². The van der Waals surface area contributed by atoms with Crippen LogP contribution in [0.5, 0.6) is 5.75 Å². The summed E-state index contributed by atoms with van der Waals surface area (Å²) in [4.78, 5) is 12.6. The number of benzene rings is 3. The standard InChI is InChI=1S/C25H18Br2Cl2N2O2/c1-15(17-5-3-2-4-6-17)31-25(32)19(13-30)9-16-10-21(26)24(22(27)11-16)33-14-18-7-8-20(28)12-23(18)29/h2-12,15H,14H2,1H3,(H,31,32)/b19-9-/t15-/m1/s1. The summed E-state index contributed by atoms with van der Waals surface area (Å²) in [6, 6.07) is 20.1. The molecule has 0 bridgehead atoms. The molecule has 0 aliphatic rings. The van der Waals surface area contributed by atoms with Gasteiger partial charge < -0.3 is 10.1 Å². The van der Waals surface area contributed by atoms with Crippen molar-refractivity contribution in [2.24, 2.45) is 0 Å². The van der Waals surface area contributed by atoms with Crippen LogP contribution in [-0.2, 0) is 11.4 Å². The van der Waals surface area contributed by atoms with Gasteiger partial charge >= 0.3 is 0 Å². The van der Waals surface area contributed by atoms with Crippen molar-refractivity contribution in [3.63, 3.8) is 0 Å². The third-order valence-electron chi connectivity index (χ3n) is 4.73. The number of halogens is 4. The molecule has 0 aliphatic carbocycles. The van der Waals surface area contributed by atoms with Crippen LogP contribution in [-0.4, -0.2) is 5.91 Å². The van der Waals surface area contributed by atoms with Gasteiger partial charge in [0, 0.05) is 15.6 Å². The van der Waals surface area contributed by atoms with Crippen LogP contribution in [0.2, 0.25) is 10.0 Å². The van der Waals surface area contributed by atoms with E-state index in [0.29, 0.717) is 30.3 Å². The summed E-state index contributed by atoms with van der Waals surface area (Å²) in [5.41, 5.74) is 2.40. The molecule has 3 aromatic rings. The second-order valence-corrected chi connectivity index (χ2v) is 9.67. The van der Waals surface area contributed by atoms with Crippen LogP contribution in [0.15, 0.2) is 75.2 Å². The third kappa shape index (κ3) is 6.84. The highest BCUT2D eigenvalue weighted by atomic mass is 79.9. The quantitative estimate of drug-likeness (QED) is 0.219. The van der Waals surface area contributed by atoms with Gasteiger partial charge in [-0.15, -0.1) is 0 Å². The number of nitrogens with zero attached hydrogens (tertiary/aromatic N) is 1. The van der Waals surface area contributed by atoms with Crippen molar-refractivity contribution >= 4 is 67.0 Å². The molecule has 0 aromatic heterocycles. The summed E-state index contributed by atoms with van der Waals surface area (Å²) in [5, 5.41) is 13.5. The van der Waals surface area contributed by atoms with Crippen LogP contribution in [0, 0.1) is 11.3 Å². The van der Waals surface area contributed by atoms with Crippen LogP contribution >= 0.6 is 55.1 Å². The monoisotopic (exact) mass is 606 g/mol. The molecule has 0 aliphatic heterocycles. The number of nitrogens with one attached hydrogen (secondary N) is 1. The molecule has 0 heterocycles. The van der Waals surface area contributed by atoms with E-state index in [1.807, 2.05) is 43.3 Å². The Balaban J connectivity index is 1.75. The van der Waals surface area contributed by atoms with Gasteiger partial charge in [-0.3, -0.25) is 4.79 Å². The number of carbonyl (C=O) groups is 1. The van der Waals surface area contributed by atoms with Crippen molar-refractivity contribution in [3.05, 3.63) is 102 Å². The van der Waals surface area contributed by atoms with E-state index in [9.17, 15) is 10.1 Å². The minimum Gasteiger partial charge on any atom is -0.486 e. The fraction of sp³-hybridized carbons (Fsp3) is 0.120. The predicted molar refractivity (Wildman–Crippen MR) is 139 cm³/mol. The van der Waals surface area contributed by atoms with Crippen LogP contribution in [0.1, 0.15) is 29.7 Å². The summed E-state index contributed by atoms with van der Waals surface area (Å²) >= 11 is 19.2. The maximum atomic E-state index is 12.6. The summed E-state index contributed by atoms with van der Waals surface area (Å²) in [6.45, 7) is 2.11. The molecule has 1 amide bonds. The van der Waals surface area contributed by atoms with E-state index in [0.717, 1.165) is 11.1 Å². The van der Waals surface area contributed by atoms with Gasteiger partial charge in [0.2, 0.25) is 0 Å². The molecule has 0 fully saturated rings. The molecule has 8 heteroatoms. The molecule has 0 radical (unpaired) electrons. The highest BCUT2D eigenvalue weighted by molar-refractivity contribution is 9.11. The van der Waals surface area contributed by atoms with E-state index in [1.165, 1.54) is 6.08 Å². The smallest absolute Gasteiger partial charge is 0.262 e. The average Bonchev–Trinajstić information content (AvgIpc) is 2.78. The molecule has 0 spiro atoms. The summed E-state index contributed by atoms with van der Waals surface area (Å²) in [5.74, 6) is 0.123. The summed E-state index contributed by atoms with van der Waals surface area (Å²) < 4.78 is 7.24. The van der Waals surface area contributed by atoms with E-state index in [-0.39, 0.29) is 18.2 Å². The third-order valence-corrected chi connectivity index (χ3v) is 6.50. The molecular formula is C25H18Br2Cl2N2O2. The Morgan fingerprint density at radius 1 is 1.12 bits per heavy atom. The minimum atomic E-state index is -0.446. The predicted octanol–water partition coefficient (Wildman–Crippen LogP) is 7.88. The number of ether oxygens (including phenoxy) is 1. The van der Waals surface area contributed by atoms with Gasteiger partial charge in [-0.1, -0.05) is 59.6 Å². The van der Waals surface area contributed by atoms with Gasteiger partial charge in [0.1, 0.15) is 24.0 Å². The van der Waals surface area contributed by atoms with Crippen molar-refractivity contribution in [1.82, 2.24) is 5.32 Å². The Morgan fingerprint density at radius 2 is 1.79 bits per heavy atom. The largest absolute Gasteiger partial charge is 0.486 e. The van der Waals surface area contributed by atoms with E-state index >= 15 is 0 Å². The zero-order chi connectivity index (χ0) is 24.0. The molecular weight excluding hydrogens is 591 g/mol. The van der Waals surface area contributed by atoms with Crippen molar-refractivity contribution in [1.29, 1.82) is 5.26 Å². The highest BCUT2D eigenvalue weighted by Gasteiger charge is 2.15. The van der Waals surface area contributed by atoms with E-state index in [1.54, 1.807) is 30.3 Å². The lowest BCUT2D eigenvalue weighted by Crippen LogP contribution is -2.27. The maximum Gasteiger partial charge on any atom is 0.262 e. The Labute approximate surface area is 219 Å². The summed E-state index contributed by atoms with van der Waals surface area (Å²) in [7, 11) is 0. The lowest BCUT2D eigenvalue weighted by Gasteiger charge is -2.14. The molecule has 0 saturated carbocycles. The molecule has 0 saturated heterocycles. The lowest BCUT2D eigenvalue weighted by molar-refractivity contribution is -0.117. The van der Waals surface area contributed by atoms with Crippen molar-refractivity contribution in [2.45, 2.75) is 19.6 Å². The van der Waals surface area contributed by atoms with Crippen molar-refractivity contribution < 1.29 is 9.53 Å². The maximum absolute atomic E-state index is 12.6. The first-order valence-electron chi connectivity index (χ1n) is 9.82. The second kappa shape index (κ2) is 11.7. The first-order chi connectivity index (χ1) is 15.8. The lowest BCUT2D eigenvalue weighted by atomic mass is 10.1. The fourth-order valence-electron chi connectivity index (χ4n) is 3.00. The molecule has 0 unspecified atom stereocenters. The van der Waals surface area contributed by atoms with E-state index in [2.05, 4.69) is 37.2 Å². The molecule has 33 heavy (non-hydrogen) atoms. The molecule has 168 valence electrons. The molecule has 4 nitrogen and oxygen atoms in total. The van der Waals surface area contributed by atoms with Gasteiger partial charge in [-0.05, 0) is 80.3 Å². The van der Waals surface area contributed by atoms with Crippen molar-refractivity contribution in [2.75, 3.05) is 0 Å². The second-order valence-electron chi connectivity index (χ2n) is 7.11. The normalized spacial score (nSPS) is 12.1. The number of hydrogen-bond donors (Lipinski definition) is 1. The highest BCUT2D eigenvalue weighted by Crippen LogP contribution is 2.36. The van der Waals surface area contributed by atoms with Gasteiger partial charge in [0.05, 0.1) is 15.0 Å². The zero-order valence-electron chi connectivity index (χ0n) is 17.4. The Bertz CT molecular complexity index is 1220. The molecule has 1 atom stereocenters. The zero-order valence-corrected chi connectivity index (χ0v) is 22.1. The first-order valence-corrected chi connectivity index (χ1v) is 12.2. The number of hydrogen-bond acceptors (Lipinski definition) is 3. The van der Waals surface area contributed by atoms with Crippen LogP contribution < -0.4 is 10.1 Å². The van der Waals surface area contributed by atoms with E-state index in [4.69, 9.17) is 27.9 Å². The number of carbonyl (C=O) groups excluding carboxylic acids is 1. The van der Waals surface area contributed by atoms with Gasteiger partial charge in [-0.25, -0.2) is 0 Å². The Morgan fingerprint density at radius 3 is 2.39 bits per heavy atom. The van der Waals surface area contributed by atoms with Crippen LogP contribution in [0.3, 0.4) is 0 Å². The number of rotatable bonds is 7. The first kappa shape index (κ1) is 25.3. The Kier molecular flexibility index (Phi) is 8.99. The topological polar surface area (TPSA) is 62.1 Å². The van der Waals surface area contributed by atoms with Crippen molar-refractivity contribution in [3.8, 4) is 11.8 Å². The number of amides is 1. The van der Waals surface area contributed by atoms with Gasteiger partial charge in [-0.2, -0.15) is 5.26 Å². The van der Waals surface area contributed by atoms with Gasteiger partial charge in [0.15, 0.2) is 0 Å². The van der Waals surface area contributed by atoms with E-state index < -0.39 is 5.91 Å². The molecule has 3 rings (SSSR count). The van der Waals surface area contributed by atoms with Gasteiger partial charge in [0.25, 0.3) is 5.91 Å².